The number of fused-ring (bicyclic) bond motifs is 1. The smallest absolute Gasteiger partial charge is 0.269 e. The molecule has 23 heavy (non-hydrogen) atoms. The minimum Gasteiger partial charge on any atom is -0.310 e. The fourth-order valence-corrected chi connectivity index (χ4v) is 3.64. The molecule has 0 unspecified atom stereocenters. The lowest BCUT2D eigenvalue weighted by molar-refractivity contribution is -0.384. The highest BCUT2D eigenvalue weighted by molar-refractivity contribution is 7.98. The Bertz CT molecular complexity index is 796. The highest BCUT2D eigenvalue weighted by Crippen LogP contribution is 2.37. The zero-order valence-corrected chi connectivity index (χ0v) is 13.0. The normalized spacial score (nSPS) is 16.2. The first-order chi connectivity index (χ1) is 11.1. The Morgan fingerprint density at radius 1 is 1.30 bits per heavy atom. The molecular formula is C15H14N4O3S. The van der Waals surface area contributed by atoms with Gasteiger partial charge in [0.2, 0.25) is 5.91 Å². The predicted octanol–water partition coefficient (Wildman–Crippen LogP) is 2.88. The summed E-state index contributed by atoms with van der Waals surface area (Å²) in [5.74, 6) is 2.49. The van der Waals surface area contributed by atoms with Gasteiger partial charge in [0.1, 0.15) is 5.82 Å². The third-order valence-electron chi connectivity index (χ3n) is 4.05. The van der Waals surface area contributed by atoms with E-state index in [0.717, 1.165) is 35.6 Å². The average Bonchev–Trinajstić information content (AvgIpc) is 3.21. The van der Waals surface area contributed by atoms with Crippen molar-refractivity contribution in [3.8, 4) is 5.69 Å². The number of nitrogens with one attached hydrogen (secondary N) is 1. The van der Waals surface area contributed by atoms with Crippen molar-refractivity contribution < 1.29 is 9.72 Å². The Balaban J connectivity index is 1.72. The number of amides is 1. The van der Waals surface area contributed by atoms with Crippen LogP contribution < -0.4 is 5.32 Å². The molecule has 118 valence electrons. The fraction of sp³-hybridized carbons (Fsp3) is 0.333. The van der Waals surface area contributed by atoms with Crippen LogP contribution in [0.4, 0.5) is 11.5 Å². The molecule has 1 aliphatic heterocycles. The maximum Gasteiger partial charge on any atom is 0.269 e. The van der Waals surface area contributed by atoms with Crippen molar-refractivity contribution in [2.45, 2.75) is 24.3 Å². The summed E-state index contributed by atoms with van der Waals surface area (Å²) in [5.41, 5.74) is 2.77. The van der Waals surface area contributed by atoms with Crippen molar-refractivity contribution in [2.75, 3.05) is 5.32 Å². The zero-order chi connectivity index (χ0) is 16.0. The third kappa shape index (κ3) is 2.59. The van der Waals surface area contributed by atoms with E-state index < -0.39 is 4.92 Å². The SMILES string of the molecule is O=C(Nc1c2c(nn1-c1ccc([N+](=O)[O-])cc1)CSC2)C1CC1. The molecule has 1 fully saturated rings. The van der Waals surface area contributed by atoms with Crippen LogP contribution in [0.1, 0.15) is 24.1 Å². The highest BCUT2D eigenvalue weighted by atomic mass is 32.2. The molecule has 1 amide bonds. The summed E-state index contributed by atoms with van der Waals surface area (Å²) in [6.07, 6.45) is 1.88. The van der Waals surface area contributed by atoms with E-state index in [9.17, 15) is 14.9 Å². The summed E-state index contributed by atoms with van der Waals surface area (Å²) >= 11 is 1.77. The molecule has 0 atom stereocenters. The fourth-order valence-electron chi connectivity index (χ4n) is 2.61. The number of anilines is 1. The van der Waals surface area contributed by atoms with Crippen LogP contribution in [0.5, 0.6) is 0 Å². The van der Waals surface area contributed by atoms with E-state index in [-0.39, 0.29) is 17.5 Å². The summed E-state index contributed by atoms with van der Waals surface area (Å²) in [4.78, 5) is 22.5. The highest BCUT2D eigenvalue weighted by Gasteiger charge is 2.32. The van der Waals surface area contributed by atoms with Crippen molar-refractivity contribution in [3.63, 3.8) is 0 Å². The molecule has 0 spiro atoms. The van der Waals surface area contributed by atoms with Gasteiger partial charge in [-0.1, -0.05) is 0 Å². The minimum absolute atomic E-state index is 0.0348. The van der Waals surface area contributed by atoms with E-state index in [1.54, 1.807) is 28.6 Å². The number of rotatable bonds is 4. The molecule has 0 bridgehead atoms. The van der Waals surface area contributed by atoms with Gasteiger partial charge in [-0.2, -0.15) is 16.9 Å². The Hall–Kier alpha value is -2.35. The van der Waals surface area contributed by atoms with Gasteiger partial charge in [-0.05, 0) is 25.0 Å². The number of nitro groups is 1. The first kappa shape index (κ1) is 14.3. The summed E-state index contributed by atoms with van der Waals surface area (Å²) in [7, 11) is 0. The summed E-state index contributed by atoms with van der Waals surface area (Å²) in [5, 5.41) is 18.4. The Morgan fingerprint density at radius 2 is 2.04 bits per heavy atom. The predicted molar refractivity (Wildman–Crippen MR) is 86.6 cm³/mol. The van der Waals surface area contributed by atoms with E-state index in [0.29, 0.717) is 11.5 Å². The lowest BCUT2D eigenvalue weighted by Gasteiger charge is -2.10. The molecule has 2 aliphatic rings. The van der Waals surface area contributed by atoms with Gasteiger partial charge < -0.3 is 5.32 Å². The zero-order valence-electron chi connectivity index (χ0n) is 12.2. The second-order valence-corrected chi connectivity index (χ2v) is 6.70. The number of hydrogen-bond acceptors (Lipinski definition) is 5. The number of non-ortho nitro benzene ring substituents is 1. The Kier molecular flexibility index (Phi) is 3.33. The van der Waals surface area contributed by atoms with Gasteiger partial charge in [0.05, 0.1) is 16.3 Å². The molecule has 7 nitrogen and oxygen atoms in total. The van der Waals surface area contributed by atoms with Crippen LogP contribution in [0, 0.1) is 16.0 Å². The Labute approximate surface area is 136 Å². The topological polar surface area (TPSA) is 90.1 Å². The number of aromatic nitrogens is 2. The van der Waals surface area contributed by atoms with Gasteiger partial charge >= 0.3 is 0 Å². The van der Waals surface area contributed by atoms with E-state index >= 15 is 0 Å². The van der Waals surface area contributed by atoms with E-state index in [4.69, 9.17) is 0 Å². The molecule has 2 heterocycles. The summed E-state index contributed by atoms with van der Waals surface area (Å²) in [6.45, 7) is 0. The van der Waals surface area contributed by atoms with E-state index in [2.05, 4.69) is 10.4 Å². The quantitative estimate of drug-likeness (QED) is 0.687. The molecule has 0 saturated heterocycles. The van der Waals surface area contributed by atoms with Crippen LogP contribution in [-0.4, -0.2) is 20.6 Å². The number of thioether (sulfide) groups is 1. The number of nitro benzene ring substituents is 1. The van der Waals surface area contributed by atoms with Gasteiger partial charge in [0.25, 0.3) is 5.69 Å². The molecule has 1 saturated carbocycles. The van der Waals surface area contributed by atoms with Crippen molar-refractivity contribution in [2.24, 2.45) is 5.92 Å². The molecule has 8 heteroatoms. The molecule has 1 N–H and O–H groups in total. The second kappa shape index (κ2) is 5.38. The number of hydrogen-bond donors (Lipinski definition) is 1. The Morgan fingerprint density at radius 3 is 2.70 bits per heavy atom. The minimum atomic E-state index is -0.431. The monoisotopic (exact) mass is 330 g/mol. The van der Waals surface area contributed by atoms with Crippen molar-refractivity contribution in [1.82, 2.24) is 9.78 Å². The van der Waals surface area contributed by atoms with Gasteiger partial charge in [0, 0.05) is 35.1 Å². The standard InChI is InChI=1S/C15H14N4O3S/c20-15(9-1-2-9)16-14-12-7-23-8-13(12)17-18(14)10-3-5-11(6-4-10)19(21)22/h3-6,9H,1-2,7-8H2,(H,16,20). The molecule has 1 aromatic heterocycles. The van der Waals surface area contributed by atoms with Crippen molar-refractivity contribution >= 4 is 29.2 Å². The maximum atomic E-state index is 12.2. The van der Waals surface area contributed by atoms with Gasteiger partial charge in [-0.25, -0.2) is 4.68 Å². The third-order valence-corrected chi connectivity index (χ3v) is 5.02. The first-order valence-corrected chi connectivity index (χ1v) is 8.53. The van der Waals surface area contributed by atoms with Crippen LogP contribution in [0.25, 0.3) is 5.69 Å². The number of carbonyl (C=O) groups is 1. The van der Waals surface area contributed by atoms with E-state index in [1.165, 1.54) is 12.1 Å². The van der Waals surface area contributed by atoms with Crippen LogP contribution in [0.2, 0.25) is 0 Å². The van der Waals surface area contributed by atoms with Crippen molar-refractivity contribution in [1.29, 1.82) is 0 Å². The number of carbonyl (C=O) groups excluding carboxylic acids is 1. The lowest BCUT2D eigenvalue weighted by atomic mass is 10.2. The molecule has 4 rings (SSSR count). The molecule has 1 aromatic carbocycles. The lowest BCUT2D eigenvalue weighted by Crippen LogP contribution is -2.17. The number of nitrogens with zero attached hydrogens (tertiary/aromatic N) is 3. The molecule has 0 radical (unpaired) electrons. The van der Waals surface area contributed by atoms with Gasteiger partial charge in [-0.15, -0.1) is 0 Å². The van der Waals surface area contributed by atoms with Gasteiger partial charge in [-0.3, -0.25) is 14.9 Å². The van der Waals surface area contributed by atoms with Crippen LogP contribution in [0.3, 0.4) is 0 Å². The first-order valence-electron chi connectivity index (χ1n) is 7.37. The average molecular weight is 330 g/mol. The summed E-state index contributed by atoms with van der Waals surface area (Å²) < 4.78 is 1.69. The van der Waals surface area contributed by atoms with Crippen molar-refractivity contribution in [3.05, 3.63) is 45.6 Å². The maximum absolute atomic E-state index is 12.2. The van der Waals surface area contributed by atoms with Crippen LogP contribution in [-0.2, 0) is 16.3 Å². The molecular weight excluding hydrogens is 316 g/mol. The van der Waals surface area contributed by atoms with Gasteiger partial charge in [0.15, 0.2) is 0 Å². The van der Waals surface area contributed by atoms with Crippen LogP contribution in [0.15, 0.2) is 24.3 Å². The second-order valence-electron chi connectivity index (χ2n) is 5.72. The van der Waals surface area contributed by atoms with E-state index in [1.807, 2.05) is 0 Å². The largest absolute Gasteiger partial charge is 0.310 e. The summed E-state index contributed by atoms with van der Waals surface area (Å²) in [6, 6.07) is 6.20. The molecule has 2 aromatic rings. The number of benzene rings is 1. The van der Waals surface area contributed by atoms with Crippen LogP contribution >= 0.6 is 11.8 Å². The molecule has 1 aliphatic carbocycles.